The maximum absolute atomic E-state index is 13.8. The highest BCUT2D eigenvalue weighted by Crippen LogP contribution is 2.40. The molecule has 0 aromatic heterocycles. The molecule has 1 heterocycles. The number of thioether (sulfide) groups is 1. The molecule has 1 saturated heterocycles. The molecular weight excluding hydrogens is 559 g/mol. The highest BCUT2D eigenvalue weighted by atomic mass is 35.5. The molecule has 1 fully saturated rings. The first kappa shape index (κ1) is 26.2. The lowest BCUT2D eigenvalue weighted by molar-refractivity contribution is -0.113. The fourth-order valence-electron chi connectivity index (χ4n) is 4.52. The molecule has 0 atom stereocenters. The van der Waals surface area contributed by atoms with Gasteiger partial charge in [-0.05, 0) is 70.6 Å². The van der Waals surface area contributed by atoms with E-state index in [1.165, 1.54) is 11.8 Å². The van der Waals surface area contributed by atoms with Gasteiger partial charge in [0.25, 0.3) is 5.91 Å². The molecule has 0 spiro atoms. The molecule has 40 heavy (non-hydrogen) atoms. The summed E-state index contributed by atoms with van der Waals surface area (Å²) in [6.07, 6.45) is 1.77. The Bertz CT molecular complexity index is 1770. The zero-order chi connectivity index (χ0) is 27.5. The summed E-state index contributed by atoms with van der Waals surface area (Å²) in [6, 6.07) is 36.7. The maximum Gasteiger partial charge on any atom is 0.271 e. The Hall–Kier alpha value is -4.03. The van der Waals surface area contributed by atoms with E-state index < -0.39 is 0 Å². The van der Waals surface area contributed by atoms with E-state index in [4.69, 9.17) is 32.9 Å². The number of nitrogens with zero attached hydrogens (tertiary/aromatic N) is 2. The van der Waals surface area contributed by atoms with Crippen molar-refractivity contribution in [3.05, 3.63) is 141 Å². The molecule has 0 aliphatic carbocycles. The van der Waals surface area contributed by atoms with Crippen LogP contribution < -0.4 is 9.64 Å². The van der Waals surface area contributed by atoms with Crippen molar-refractivity contribution in [2.24, 2.45) is 4.99 Å². The summed E-state index contributed by atoms with van der Waals surface area (Å²) < 4.78 is 6.30. The van der Waals surface area contributed by atoms with E-state index in [0.29, 0.717) is 38.0 Å². The van der Waals surface area contributed by atoms with Crippen LogP contribution in [0.1, 0.15) is 11.1 Å². The number of carbonyl (C=O) groups is 1. The van der Waals surface area contributed by atoms with Crippen LogP contribution in [-0.2, 0) is 11.4 Å². The minimum atomic E-state index is -0.193. The van der Waals surface area contributed by atoms with Crippen molar-refractivity contribution in [2.75, 3.05) is 4.90 Å². The lowest BCUT2D eigenvalue weighted by Gasteiger charge is -2.15. The second-order valence-electron chi connectivity index (χ2n) is 9.05. The van der Waals surface area contributed by atoms with Crippen LogP contribution in [0.15, 0.2) is 125 Å². The van der Waals surface area contributed by atoms with Gasteiger partial charge in [0.1, 0.15) is 12.4 Å². The number of halogens is 2. The number of carbonyl (C=O) groups excluding carboxylic acids is 1. The Labute approximate surface area is 246 Å². The third-order valence-electron chi connectivity index (χ3n) is 6.38. The van der Waals surface area contributed by atoms with E-state index in [0.717, 1.165) is 27.7 Å². The van der Waals surface area contributed by atoms with Crippen LogP contribution in [0.25, 0.3) is 16.8 Å². The quantitative estimate of drug-likeness (QED) is 0.188. The van der Waals surface area contributed by atoms with Crippen LogP contribution in [0, 0.1) is 0 Å². The molecule has 5 aromatic rings. The number of hydrogen-bond acceptors (Lipinski definition) is 4. The van der Waals surface area contributed by atoms with Gasteiger partial charge in [0.15, 0.2) is 5.17 Å². The van der Waals surface area contributed by atoms with Crippen LogP contribution in [0.4, 0.5) is 11.4 Å². The van der Waals surface area contributed by atoms with Gasteiger partial charge in [0.05, 0.1) is 21.3 Å². The van der Waals surface area contributed by atoms with Crippen molar-refractivity contribution in [3.63, 3.8) is 0 Å². The third-order valence-corrected chi connectivity index (χ3v) is 7.85. The fourth-order valence-corrected chi connectivity index (χ4v) is 6.07. The van der Waals surface area contributed by atoms with Crippen LogP contribution in [0.3, 0.4) is 0 Å². The molecule has 6 rings (SSSR count). The summed E-state index contributed by atoms with van der Waals surface area (Å²) in [5, 5.41) is 3.61. The number of para-hydroxylation sites is 2. The number of aliphatic imine (C=N–C) groups is 1. The van der Waals surface area contributed by atoms with Gasteiger partial charge in [-0.2, -0.15) is 0 Å². The van der Waals surface area contributed by atoms with Crippen LogP contribution in [-0.4, -0.2) is 11.1 Å². The zero-order valence-electron chi connectivity index (χ0n) is 21.1. The van der Waals surface area contributed by atoms with Crippen molar-refractivity contribution in [2.45, 2.75) is 6.61 Å². The van der Waals surface area contributed by atoms with E-state index >= 15 is 0 Å². The minimum Gasteiger partial charge on any atom is -0.487 e. The standard InChI is InChI=1S/C33H22Cl2N2O2S/c34-25-18-24(31(29(35)20-25)39-21-23-12-9-11-22-10-7-8-17-28(22)23)19-30-32(38)37(27-15-5-2-6-16-27)33(40-30)36-26-13-3-1-4-14-26/h1-20H,21H2/b30-19+,36-33?. The van der Waals surface area contributed by atoms with Gasteiger partial charge in [-0.25, -0.2) is 4.99 Å². The number of ether oxygens (including phenoxy) is 1. The van der Waals surface area contributed by atoms with Crippen molar-refractivity contribution in [3.8, 4) is 5.75 Å². The molecule has 5 aromatic carbocycles. The second kappa shape index (κ2) is 11.6. The average Bonchev–Trinajstić information content (AvgIpc) is 3.27. The van der Waals surface area contributed by atoms with E-state index in [-0.39, 0.29) is 5.91 Å². The molecule has 4 nitrogen and oxygen atoms in total. The van der Waals surface area contributed by atoms with Crippen LogP contribution in [0.5, 0.6) is 5.75 Å². The lowest BCUT2D eigenvalue weighted by atomic mass is 10.1. The first-order valence-electron chi connectivity index (χ1n) is 12.6. The summed E-state index contributed by atoms with van der Waals surface area (Å²) >= 11 is 14.3. The predicted molar refractivity (Wildman–Crippen MR) is 168 cm³/mol. The highest BCUT2D eigenvalue weighted by molar-refractivity contribution is 8.19. The summed E-state index contributed by atoms with van der Waals surface area (Å²) in [5.41, 5.74) is 3.13. The van der Waals surface area contributed by atoms with Gasteiger partial charge >= 0.3 is 0 Å². The van der Waals surface area contributed by atoms with E-state index in [2.05, 4.69) is 18.2 Å². The summed E-state index contributed by atoms with van der Waals surface area (Å²) in [5.74, 6) is 0.265. The molecular formula is C33H22Cl2N2O2S. The molecule has 0 saturated carbocycles. The third kappa shape index (κ3) is 5.50. The number of benzene rings is 5. The number of hydrogen-bond donors (Lipinski definition) is 0. The van der Waals surface area contributed by atoms with Crippen molar-refractivity contribution < 1.29 is 9.53 Å². The summed E-state index contributed by atoms with van der Waals surface area (Å²) in [6.45, 7) is 0.302. The Kier molecular flexibility index (Phi) is 7.60. The summed E-state index contributed by atoms with van der Waals surface area (Å²) in [4.78, 5) is 20.6. The van der Waals surface area contributed by atoms with Gasteiger partial charge in [-0.1, -0.05) is 102 Å². The average molecular weight is 582 g/mol. The number of amidine groups is 1. The monoisotopic (exact) mass is 580 g/mol. The molecule has 1 aliphatic heterocycles. The zero-order valence-corrected chi connectivity index (χ0v) is 23.5. The topological polar surface area (TPSA) is 41.9 Å². The largest absolute Gasteiger partial charge is 0.487 e. The Morgan fingerprint density at radius 2 is 1.52 bits per heavy atom. The fraction of sp³-hybridized carbons (Fsp3) is 0.0303. The molecule has 0 bridgehead atoms. The highest BCUT2D eigenvalue weighted by Gasteiger charge is 2.35. The van der Waals surface area contributed by atoms with Gasteiger partial charge in [0.2, 0.25) is 0 Å². The SMILES string of the molecule is O=C1/C(=C\c2cc(Cl)cc(Cl)c2OCc2cccc3ccccc23)SC(=Nc2ccccc2)N1c1ccccc1. The molecule has 0 radical (unpaired) electrons. The van der Waals surface area contributed by atoms with E-state index in [1.807, 2.05) is 84.9 Å². The Balaban J connectivity index is 1.38. The van der Waals surface area contributed by atoms with E-state index in [9.17, 15) is 4.79 Å². The van der Waals surface area contributed by atoms with Crippen LogP contribution in [0.2, 0.25) is 10.0 Å². The number of anilines is 1. The van der Waals surface area contributed by atoms with Gasteiger partial charge in [-0.15, -0.1) is 0 Å². The summed E-state index contributed by atoms with van der Waals surface area (Å²) in [7, 11) is 0. The number of amides is 1. The molecule has 196 valence electrons. The molecule has 7 heteroatoms. The Morgan fingerprint density at radius 3 is 2.33 bits per heavy atom. The van der Waals surface area contributed by atoms with E-state index in [1.54, 1.807) is 23.1 Å². The molecule has 0 N–H and O–H groups in total. The van der Waals surface area contributed by atoms with Gasteiger partial charge in [0, 0.05) is 10.6 Å². The maximum atomic E-state index is 13.8. The molecule has 0 unspecified atom stereocenters. The lowest BCUT2D eigenvalue weighted by Crippen LogP contribution is -2.28. The second-order valence-corrected chi connectivity index (χ2v) is 10.9. The minimum absolute atomic E-state index is 0.193. The number of fused-ring (bicyclic) bond motifs is 1. The van der Waals surface area contributed by atoms with Crippen molar-refractivity contribution >= 4 is 74.3 Å². The van der Waals surface area contributed by atoms with Crippen molar-refractivity contribution in [1.82, 2.24) is 0 Å². The van der Waals surface area contributed by atoms with Gasteiger partial charge in [-0.3, -0.25) is 9.69 Å². The van der Waals surface area contributed by atoms with Crippen molar-refractivity contribution in [1.29, 1.82) is 0 Å². The smallest absolute Gasteiger partial charge is 0.271 e. The normalized spacial score (nSPS) is 15.3. The first-order valence-corrected chi connectivity index (χ1v) is 14.2. The molecule has 1 amide bonds. The van der Waals surface area contributed by atoms with Gasteiger partial charge < -0.3 is 4.74 Å². The predicted octanol–water partition coefficient (Wildman–Crippen LogP) is 9.53. The Morgan fingerprint density at radius 1 is 0.825 bits per heavy atom. The first-order chi connectivity index (χ1) is 19.6. The van der Waals surface area contributed by atoms with Crippen LogP contribution >= 0.6 is 35.0 Å². The molecule has 1 aliphatic rings. The number of rotatable bonds is 6.